The molecule has 8 heteroatoms. The number of halogens is 3. The summed E-state index contributed by atoms with van der Waals surface area (Å²) in [6, 6.07) is 13.4. The van der Waals surface area contributed by atoms with Crippen molar-refractivity contribution in [3.8, 4) is 11.1 Å². The number of likely N-dealkylation sites (N-methyl/N-ethyl adjacent to an activating group) is 1. The topological polar surface area (TPSA) is 71.6 Å². The molecule has 0 radical (unpaired) electrons. The summed E-state index contributed by atoms with van der Waals surface area (Å²) in [6.07, 6.45) is 1.33. The second kappa shape index (κ2) is 7.29. The van der Waals surface area contributed by atoms with Crippen molar-refractivity contribution in [2.24, 2.45) is 10.7 Å². The molecule has 2 N–H and O–H groups in total. The van der Waals surface area contributed by atoms with Crippen LogP contribution in [0.15, 0.2) is 65.8 Å². The van der Waals surface area contributed by atoms with Crippen molar-refractivity contribution in [3.05, 3.63) is 89.2 Å². The number of aliphatic imine (C=N–C) groups is 1. The lowest BCUT2D eigenvalue weighted by atomic mass is 9.84. The number of alkyl halides is 1. The van der Waals surface area contributed by atoms with Gasteiger partial charge in [-0.3, -0.25) is 14.7 Å². The molecule has 0 saturated heterocycles. The summed E-state index contributed by atoms with van der Waals surface area (Å²) in [5.74, 6) is -2.92. The van der Waals surface area contributed by atoms with Crippen LogP contribution in [-0.4, -0.2) is 28.8 Å². The molecule has 3 aromatic rings. The molecule has 0 spiro atoms. The second-order valence-electron chi connectivity index (χ2n) is 6.91. The Kier molecular flexibility index (Phi) is 4.77. The highest BCUT2D eigenvalue weighted by Crippen LogP contribution is 2.41. The molecule has 1 unspecified atom stereocenters. The summed E-state index contributed by atoms with van der Waals surface area (Å²) in [5, 5.41) is 0. The molecule has 0 fully saturated rings. The maximum Gasteiger partial charge on any atom is 0.267 e. The Bertz CT molecular complexity index is 1170. The minimum atomic E-state index is -1.86. The number of benzene rings is 2. The highest BCUT2D eigenvalue weighted by molar-refractivity contribution is 6.08. The standard InChI is InChI=1S/C22H17F3N4O/c1-29-20(30)22(28-21(29)26,18-9-13(12-23)7-8-27-18)15-10-16(19(25)17(24)11-15)14-5-3-2-4-6-14/h2-11H,12H2,1H3,(H2,26,28). The largest absolute Gasteiger partial charge is 0.369 e. The quantitative estimate of drug-likeness (QED) is 0.715. The van der Waals surface area contributed by atoms with Gasteiger partial charge in [-0.25, -0.2) is 18.2 Å². The number of guanidine groups is 1. The van der Waals surface area contributed by atoms with Crippen LogP contribution in [0.1, 0.15) is 16.8 Å². The molecule has 5 nitrogen and oxygen atoms in total. The smallest absolute Gasteiger partial charge is 0.267 e. The highest BCUT2D eigenvalue weighted by atomic mass is 19.2. The first-order valence-electron chi connectivity index (χ1n) is 9.08. The number of nitrogens with two attached hydrogens (primary N) is 1. The number of hydrogen-bond donors (Lipinski definition) is 1. The number of carbonyl (C=O) groups excluding carboxylic acids is 1. The number of amides is 1. The molecule has 1 atom stereocenters. The van der Waals surface area contributed by atoms with Gasteiger partial charge in [0.2, 0.25) is 5.54 Å². The van der Waals surface area contributed by atoms with Crippen LogP contribution in [0.4, 0.5) is 13.2 Å². The number of aromatic nitrogens is 1. The van der Waals surface area contributed by atoms with Gasteiger partial charge in [0.25, 0.3) is 5.91 Å². The van der Waals surface area contributed by atoms with Crippen molar-refractivity contribution in [2.75, 3.05) is 7.05 Å². The number of carbonyl (C=O) groups is 1. The molecule has 0 saturated carbocycles. The molecule has 0 aliphatic carbocycles. The molecule has 1 aliphatic rings. The lowest BCUT2D eigenvalue weighted by Gasteiger charge is -2.26. The van der Waals surface area contributed by atoms with E-state index in [0.717, 1.165) is 11.0 Å². The van der Waals surface area contributed by atoms with Gasteiger partial charge in [0, 0.05) is 18.8 Å². The summed E-state index contributed by atoms with van der Waals surface area (Å²) < 4.78 is 42.6. The second-order valence-corrected chi connectivity index (χ2v) is 6.91. The van der Waals surface area contributed by atoms with Gasteiger partial charge in [0.15, 0.2) is 17.6 Å². The molecule has 0 bridgehead atoms. The van der Waals surface area contributed by atoms with Crippen LogP contribution >= 0.6 is 0 Å². The molecule has 30 heavy (non-hydrogen) atoms. The van der Waals surface area contributed by atoms with Crippen LogP contribution in [0.5, 0.6) is 0 Å². The fourth-order valence-corrected chi connectivity index (χ4v) is 3.53. The molecule has 1 aromatic heterocycles. The third kappa shape index (κ3) is 2.92. The van der Waals surface area contributed by atoms with Crippen molar-refractivity contribution >= 4 is 11.9 Å². The number of pyridine rings is 1. The van der Waals surface area contributed by atoms with Crippen LogP contribution in [0.3, 0.4) is 0 Å². The first-order valence-corrected chi connectivity index (χ1v) is 9.08. The summed E-state index contributed by atoms with van der Waals surface area (Å²) >= 11 is 0. The van der Waals surface area contributed by atoms with E-state index >= 15 is 0 Å². The van der Waals surface area contributed by atoms with E-state index in [4.69, 9.17) is 5.73 Å². The van der Waals surface area contributed by atoms with Gasteiger partial charge in [-0.05, 0) is 41.0 Å². The van der Waals surface area contributed by atoms with E-state index < -0.39 is 29.8 Å². The van der Waals surface area contributed by atoms with E-state index in [1.54, 1.807) is 30.3 Å². The summed E-state index contributed by atoms with van der Waals surface area (Å²) in [4.78, 5) is 22.9. The minimum Gasteiger partial charge on any atom is -0.369 e. The Morgan fingerprint density at radius 3 is 2.47 bits per heavy atom. The fourth-order valence-electron chi connectivity index (χ4n) is 3.53. The van der Waals surface area contributed by atoms with Gasteiger partial charge in [-0.2, -0.15) is 0 Å². The van der Waals surface area contributed by atoms with Crippen molar-refractivity contribution < 1.29 is 18.0 Å². The summed E-state index contributed by atoms with van der Waals surface area (Å²) in [6.45, 7) is -0.790. The van der Waals surface area contributed by atoms with Crippen LogP contribution in [-0.2, 0) is 17.0 Å². The molecule has 4 rings (SSSR count). The Balaban J connectivity index is 2.02. The zero-order chi connectivity index (χ0) is 21.5. The van der Waals surface area contributed by atoms with E-state index in [1.165, 1.54) is 31.4 Å². The molecule has 2 heterocycles. The normalized spacial score (nSPS) is 18.6. The zero-order valence-electron chi connectivity index (χ0n) is 15.9. The summed E-state index contributed by atoms with van der Waals surface area (Å²) in [5.41, 5.74) is 4.79. The lowest BCUT2D eigenvalue weighted by molar-refractivity contribution is -0.129. The highest BCUT2D eigenvalue weighted by Gasteiger charge is 2.51. The van der Waals surface area contributed by atoms with Gasteiger partial charge >= 0.3 is 0 Å². The Morgan fingerprint density at radius 2 is 1.83 bits per heavy atom. The Morgan fingerprint density at radius 1 is 1.10 bits per heavy atom. The first kappa shape index (κ1) is 19.6. The van der Waals surface area contributed by atoms with E-state index in [0.29, 0.717) is 5.56 Å². The fraction of sp³-hybridized carbons (Fsp3) is 0.136. The van der Waals surface area contributed by atoms with Crippen molar-refractivity contribution in [1.82, 2.24) is 9.88 Å². The third-order valence-corrected chi connectivity index (χ3v) is 5.12. The minimum absolute atomic E-state index is 0.0391. The molecular formula is C22H17F3N4O. The average Bonchev–Trinajstić information content (AvgIpc) is 3.01. The predicted molar refractivity (Wildman–Crippen MR) is 106 cm³/mol. The van der Waals surface area contributed by atoms with Gasteiger partial charge in [0.1, 0.15) is 6.67 Å². The van der Waals surface area contributed by atoms with E-state index in [2.05, 4.69) is 9.98 Å². The van der Waals surface area contributed by atoms with Gasteiger partial charge in [0.05, 0.1) is 5.69 Å². The number of hydrogen-bond acceptors (Lipinski definition) is 4. The number of rotatable bonds is 4. The van der Waals surface area contributed by atoms with Crippen molar-refractivity contribution in [3.63, 3.8) is 0 Å². The molecule has 2 aromatic carbocycles. The van der Waals surface area contributed by atoms with E-state index in [1.807, 2.05) is 0 Å². The van der Waals surface area contributed by atoms with Crippen LogP contribution in [0.2, 0.25) is 0 Å². The van der Waals surface area contributed by atoms with Gasteiger partial charge in [-0.15, -0.1) is 0 Å². The van der Waals surface area contributed by atoms with E-state index in [9.17, 15) is 18.0 Å². The Labute approximate surface area is 170 Å². The van der Waals surface area contributed by atoms with Crippen LogP contribution < -0.4 is 5.73 Å². The SMILES string of the molecule is CN1C(=O)C(c2cc(F)c(F)c(-c3ccccc3)c2)(c2cc(CF)ccn2)N=C1N. The molecule has 1 aliphatic heterocycles. The maximum absolute atomic E-state index is 14.7. The molecular weight excluding hydrogens is 393 g/mol. The van der Waals surface area contributed by atoms with Gasteiger partial charge in [-0.1, -0.05) is 30.3 Å². The van der Waals surface area contributed by atoms with Crippen LogP contribution in [0.25, 0.3) is 11.1 Å². The number of nitrogens with zero attached hydrogens (tertiary/aromatic N) is 3. The van der Waals surface area contributed by atoms with Crippen molar-refractivity contribution in [2.45, 2.75) is 12.2 Å². The predicted octanol–water partition coefficient (Wildman–Crippen LogP) is 3.53. The first-order chi connectivity index (χ1) is 14.4. The molecule has 152 valence electrons. The lowest BCUT2D eigenvalue weighted by Crippen LogP contribution is -2.41. The monoisotopic (exact) mass is 410 g/mol. The van der Waals surface area contributed by atoms with Gasteiger partial charge < -0.3 is 5.73 Å². The van der Waals surface area contributed by atoms with Crippen molar-refractivity contribution in [1.29, 1.82) is 0 Å². The maximum atomic E-state index is 14.7. The van der Waals surface area contributed by atoms with E-state index in [-0.39, 0.29) is 28.3 Å². The third-order valence-electron chi connectivity index (χ3n) is 5.12. The molecule has 1 amide bonds. The average molecular weight is 410 g/mol. The van der Waals surface area contributed by atoms with Crippen LogP contribution in [0, 0.1) is 11.6 Å². The zero-order valence-corrected chi connectivity index (χ0v) is 15.9. The summed E-state index contributed by atoms with van der Waals surface area (Å²) in [7, 11) is 1.42. The Hall–Kier alpha value is -3.68.